The lowest BCUT2D eigenvalue weighted by atomic mass is 9.93. The van der Waals surface area contributed by atoms with Gasteiger partial charge in [0, 0.05) is 32.7 Å². The van der Waals surface area contributed by atoms with Crippen LogP contribution >= 0.6 is 0 Å². The Balaban J connectivity index is 2.12. The SMILES string of the molecule is CCNCc1nc(C2(OCC)CCOCC2)no1. The van der Waals surface area contributed by atoms with Crippen LogP contribution in [0.5, 0.6) is 0 Å². The monoisotopic (exact) mass is 255 g/mol. The third kappa shape index (κ3) is 2.88. The van der Waals surface area contributed by atoms with E-state index in [0.29, 0.717) is 38.1 Å². The molecule has 2 rings (SSSR count). The van der Waals surface area contributed by atoms with E-state index in [0.717, 1.165) is 19.4 Å². The Bertz CT molecular complexity index is 356. The minimum atomic E-state index is -0.430. The van der Waals surface area contributed by atoms with E-state index in [4.69, 9.17) is 14.0 Å². The second-order valence-electron chi connectivity index (χ2n) is 4.33. The molecule has 1 fully saturated rings. The molecule has 1 aromatic rings. The quantitative estimate of drug-likeness (QED) is 0.824. The number of hydrogen-bond acceptors (Lipinski definition) is 6. The molecule has 0 unspecified atom stereocenters. The number of nitrogens with one attached hydrogen (secondary N) is 1. The molecule has 1 aliphatic heterocycles. The van der Waals surface area contributed by atoms with Crippen LogP contribution in [-0.2, 0) is 21.6 Å². The summed E-state index contributed by atoms with van der Waals surface area (Å²) in [5.41, 5.74) is -0.430. The highest BCUT2D eigenvalue weighted by molar-refractivity contribution is 5.03. The third-order valence-corrected chi connectivity index (χ3v) is 3.12. The average molecular weight is 255 g/mol. The summed E-state index contributed by atoms with van der Waals surface area (Å²) < 4.78 is 16.5. The van der Waals surface area contributed by atoms with Gasteiger partial charge in [0.15, 0.2) is 0 Å². The predicted molar refractivity (Wildman–Crippen MR) is 65.0 cm³/mol. The molecule has 0 saturated carbocycles. The molecule has 0 aromatic carbocycles. The van der Waals surface area contributed by atoms with E-state index in [-0.39, 0.29) is 0 Å². The summed E-state index contributed by atoms with van der Waals surface area (Å²) in [5, 5.41) is 7.24. The minimum absolute atomic E-state index is 0.430. The standard InChI is InChI=1S/C12H21N3O3/c1-3-13-9-10-14-11(15-18-10)12(17-4-2)5-7-16-8-6-12/h13H,3-9H2,1-2H3. The summed E-state index contributed by atoms with van der Waals surface area (Å²) in [5.74, 6) is 1.26. The first kappa shape index (κ1) is 13.5. The Kier molecular flexibility index (Phi) is 4.68. The Hall–Kier alpha value is -0.980. The topological polar surface area (TPSA) is 69.4 Å². The van der Waals surface area contributed by atoms with Crippen molar-refractivity contribution in [2.24, 2.45) is 0 Å². The molecule has 1 saturated heterocycles. The van der Waals surface area contributed by atoms with Crippen molar-refractivity contribution in [3.8, 4) is 0 Å². The molecule has 0 atom stereocenters. The Labute approximate surface area is 107 Å². The van der Waals surface area contributed by atoms with Crippen LogP contribution in [-0.4, -0.2) is 36.5 Å². The van der Waals surface area contributed by atoms with Crippen molar-refractivity contribution in [1.29, 1.82) is 0 Å². The van der Waals surface area contributed by atoms with Crippen LogP contribution in [0.3, 0.4) is 0 Å². The molecule has 0 bridgehead atoms. The lowest BCUT2D eigenvalue weighted by molar-refractivity contribution is -0.118. The molecule has 0 amide bonds. The van der Waals surface area contributed by atoms with Gasteiger partial charge in [-0.05, 0) is 13.5 Å². The summed E-state index contributed by atoms with van der Waals surface area (Å²) in [6.45, 7) is 7.49. The fraction of sp³-hybridized carbons (Fsp3) is 0.833. The van der Waals surface area contributed by atoms with Crippen LogP contribution in [0, 0.1) is 0 Å². The van der Waals surface area contributed by atoms with Crippen molar-refractivity contribution in [2.45, 2.75) is 38.8 Å². The second-order valence-corrected chi connectivity index (χ2v) is 4.33. The molecular formula is C12H21N3O3. The number of hydrogen-bond donors (Lipinski definition) is 1. The van der Waals surface area contributed by atoms with Crippen LogP contribution < -0.4 is 5.32 Å². The molecule has 18 heavy (non-hydrogen) atoms. The van der Waals surface area contributed by atoms with Gasteiger partial charge >= 0.3 is 0 Å². The van der Waals surface area contributed by atoms with Gasteiger partial charge in [-0.1, -0.05) is 12.1 Å². The molecule has 0 spiro atoms. The molecule has 6 heteroatoms. The van der Waals surface area contributed by atoms with Gasteiger partial charge in [-0.25, -0.2) is 0 Å². The van der Waals surface area contributed by atoms with Crippen LogP contribution in [0.1, 0.15) is 38.4 Å². The van der Waals surface area contributed by atoms with Gasteiger partial charge in [-0.2, -0.15) is 4.98 Å². The third-order valence-electron chi connectivity index (χ3n) is 3.12. The number of ether oxygens (including phenoxy) is 2. The summed E-state index contributed by atoms with van der Waals surface area (Å²) in [6, 6.07) is 0. The van der Waals surface area contributed by atoms with Crippen LogP contribution in [0.15, 0.2) is 4.52 Å². The molecular weight excluding hydrogens is 234 g/mol. The predicted octanol–water partition coefficient (Wildman–Crippen LogP) is 1.22. The molecule has 0 radical (unpaired) electrons. The van der Waals surface area contributed by atoms with Gasteiger partial charge in [0.1, 0.15) is 5.60 Å². The van der Waals surface area contributed by atoms with Crippen molar-refractivity contribution in [1.82, 2.24) is 15.5 Å². The van der Waals surface area contributed by atoms with Crippen molar-refractivity contribution in [2.75, 3.05) is 26.4 Å². The van der Waals surface area contributed by atoms with E-state index in [1.807, 2.05) is 13.8 Å². The van der Waals surface area contributed by atoms with E-state index >= 15 is 0 Å². The van der Waals surface area contributed by atoms with Crippen LogP contribution in [0.4, 0.5) is 0 Å². The Morgan fingerprint density at radius 3 is 2.78 bits per heavy atom. The molecule has 0 aliphatic carbocycles. The molecule has 1 aromatic heterocycles. The van der Waals surface area contributed by atoms with E-state index < -0.39 is 5.60 Å². The van der Waals surface area contributed by atoms with Crippen molar-refractivity contribution < 1.29 is 14.0 Å². The number of aromatic nitrogens is 2. The van der Waals surface area contributed by atoms with E-state index in [9.17, 15) is 0 Å². The minimum Gasteiger partial charge on any atom is -0.381 e. The molecule has 1 N–H and O–H groups in total. The van der Waals surface area contributed by atoms with Gasteiger partial charge in [0.05, 0.1) is 6.54 Å². The zero-order valence-electron chi connectivity index (χ0n) is 11.1. The smallest absolute Gasteiger partial charge is 0.240 e. The van der Waals surface area contributed by atoms with Crippen molar-refractivity contribution >= 4 is 0 Å². The van der Waals surface area contributed by atoms with Gasteiger partial charge in [0.2, 0.25) is 11.7 Å². The van der Waals surface area contributed by atoms with Gasteiger partial charge < -0.3 is 19.3 Å². The first-order chi connectivity index (χ1) is 8.80. The zero-order chi connectivity index (χ0) is 12.8. The highest BCUT2D eigenvalue weighted by Crippen LogP contribution is 2.34. The molecule has 2 heterocycles. The zero-order valence-corrected chi connectivity index (χ0v) is 11.1. The van der Waals surface area contributed by atoms with Crippen molar-refractivity contribution in [3.05, 3.63) is 11.7 Å². The maximum Gasteiger partial charge on any atom is 0.240 e. The maximum atomic E-state index is 5.89. The summed E-state index contributed by atoms with van der Waals surface area (Å²) in [6.07, 6.45) is 1.56. The van der Waals surface area contributed by atoms with Gasteiger partial charge in [0.25, 0.3) is 0 Å². The lowest BCUT2D eigenvalue weighted by Gasteiger charge is -2.33. The fourth-order valence-corrected chi connectivity index (χ4v) is 2.15. The van der Waals surface area contributed by atoms with Gasteiger partial charge in [-0.3, -0.25) is 0 Å². The van der Waals surface area contributed by atoms with Crippen molar-refractivity contribution in [3.63, 3.8) is 0 Å². The summed E-state index contributed by atoms with van der Waals surface area (Å²) >= 11 is 0. The Morgan fingerprint density at radius 2 is 2.11 bits per heavy atom. The lowest BCUT2D eigenvalue weighted by Crippen LogP contribution is -2.37. The number of nitrogens with zero attached hydrogens (tertiary/aromatic N) is 2. The number of rotatable bonds is 6. The summed E-state index contributed by atoms with van der Waals surface area (Å²) in [4.78, 5) is 4.44. The fourth-order valence-electron chi connectivity index (χ4n) is 2.15. The molecule has 6 nitrogen and oxygen atoms in total. The second kappa shape index (κ2) is 6.26. The van der Waals surface area contributed by atoms with E-state index in [1.54, 1.807) is 0 Å². The maximum absolute atomic E-state index is 5.89. The highest BCUT2D eigenvalue weighted by Gasteiger charge is 2.39. The molecule has 1 aliphatic rings. The van der Waals surface area contributed by atoms with Gasteiger partial charge in [-0.15, -0.1) is 0 Å². The highest BCUT2D eigenvalue weighted by atomic mass is 16.5. The summed E-state index contributed by atoms with van der Waals surface area (Å²) in [7, 11) is 0. The Morgan fingerprint density at radius 1 is 1.33 bits per heavy atom. The van der Waals surface area contributed by atoms with Crippen LogP contribution in [0.2, 0.25) is 0 Å². The normalized spacial score (nSPS) is 19.0. The van der Waals surface area contributed by atoms with E-state index in [1.165, 1.54) is 0 Å². The molecule has 102 valence electrons. The van der Waals surface area contributed by atoms with E-state index in [2.05, 4.69) is 15.5 Å². The first-order valence-corrected chi connectivity index (χ1v) is 6.56. The largest absolute Gasteiger partial charge is 0.381 e. The first-order valence-electron chi connectivity index (χ1n) is 6.56. The average Bonchev–Trinajstić information content (AvgIpc) is 2.87. The van der Waals surface area contributed by atoms with Crippen LogP contribution in [0.25, 0.3) is 0 Å².